The lowest BCUT2D eigenvalue weighted by molar-refractivity contribution is -0.385. The fraction of sp³-hybridized carbons (Fsp3) is 0.364. The van der Waals surface area contributed by atoms with Crippen LogP contribution in [-0.2, 0) is 0 Å². The first-order chi connectivity index (χ1) is 15.5. The van der Waals surface area contributed by atoms with E-state index < -0.39 is 4.92 Å². The molecule has 10 heteroatoms. The Hall–Kier alpha value is -2.82. The van der Waals surface area contributed by atoms with E-state index in [2.05, 4.69) is 48.1 Å². The summed E-state index contributed by atoms with van der Waals surface area (Å²) in [5.74, 6) is 0.728. The predicted molar refractivity (Wildman–Crippen MR) is 128 cm³/mol. The Bertz CT molecular complexity index is 1100. The third kappa shape index (κ3) is 5.50. The van der Waals surface area contributed by atoms with Gasteiger partial charge in [-0.05, 0) is 31.7 Å². The molecule has 0 saturated carbocycles. The molecule has 168 valence electrons. The van der Waals surface area contributed by atoms with Crippen LogP contribution in [0.2, 0.25) is 0 Å². The van der Waals surface area contributed by atoms with E-state index in [-0.39, 0.29) is 11.4 Å². The molecule has 1 aliphatic heterocycles. The highest BCUT2D eigenvalue weighted by atomic mass is 79.9. The lowest BCUT2D eigenvalue weighted by Crippen LogP contribution is -2.44. The first-order valence-electron chi connectivity index (χ1n) is 10.5. The number of ether oxygens (including phenoxy) is 1. The van der Waals surface area contributed by atoms with E-state index in [1.807, 2.05) is 24.3 Å². The van der Waals surface area contributed by atoms with Gasteiger partial charge in [-0.1, -0.05) is 22.0 Å². The van der Waals surface area contributed by atoms with Crippen LogP contribution < -0.4 is 10.1 Å². The molecule has 32 heavy (non-hydrogen) atoms. The molecule has 1 fully saturated rings. The minimum absolute atomic E-state index is 0.0933. The summed E-state index contributed by atoms with van der Waals surface area (Å²) >= 11 is 3.44. The quantitative estimate of drug-likeness (QED) is 0.281. The second kappa shape index (κ2) is 10.2. The first kappa shape index (κ1) is 22.4. The Morgan fingerprint density at radius 3 is 2.75 bits per heavy atom. The maximum absolute atomic E-state index is 11.7. The topological polar surface area (TPSA) is 96.7 Å². The van der Waals surface area contributed by atoms with Gasteiger partial charge in [-0.3, -0.25) is 10.1 Å². The molecule has 1 saturated heterocycles. The smallest absolute Gasteiger partial charge is 0.311 e. The molecule has 0 aliphatic carbocycles. The average molecular weight is 501 g/mol. The monoisotopic (exact) mass is 500 g/mol. The van der Waals surface area contributed by atoms with Gasteiger partial charge >= 0.3 is 5.69 Å². The summed E-state index contributed by atoms with van der Waals surface area (Å²) in [6.07, 6.45) is 2.24. The van der Waals surface area contributed by atoms with E-state index in [0.717, 1.165) is 49.3 Å². The van der Waals surface area contributed by atoms with Gasteiger partial charge in [0.15, 0.2) is 5.75 Å². The van der Waals surface area contributed by atoms with E-state index in [1.54, 1.807) is 6.07 Å². The van der Waals surface area contributed by atoms with Crippen LogP contribution in [0.1, 0.15) is 6.42 Å². The summed E-state index contributed by atoms with van der Waals surface area (Å²) in [6.45, 7) is 5.53. The summed E-state index contributed by atoms with van der Waals surface area (Å²) in [5, 5.41) is 15.5. The Balaban J connectivity index is 1.49. The molecule has 1 aliphatic rings. The van der Waals surface area contributed by atoms with Crippen LogP contribution >= 0.6 is 15.9 Å². The van der Waals surface area contributed by atoms with Crippen molar-refractivity contribution in [1.82, 2.24) is 19.8 Å². The van der Waals surface area contributed by atoms with Crippen LogP contribution in [0.3, 0.4) is 0 Å². The summed E-state index contributed by atoms with van der Waals surface area (Å²) in [4.78, 5) is 24.6. The van der Waals surface area contributed by atoms with Gasteiger partial charge in [0.2, 0.25) is 0 Å². The van der Waals surface area contributed by atoms with Gasteiger partial charge in [-0.25, -0.2) is 9.97 Å². The van der Waals surface area contributed by atoms with E-state index in [9.17, 15) is 10.1 Å². The standard InChI is InChI=1S/C22H25BrN6O3/c1-27-7-9-28(10-8-27)6-3-11-32-21-14-19-18(13-20(21)29(30)31)22(25-15-24-19)26-17-5-2-4-16(23)12-17/h2,4-5,12-15H,3,6-11H2,1H3,(H,24,25,26). The number of piperazine rings is 1. The van der Waals surface area contributed by atoms with E-state index in [1.165, 1.54) is 12.4 Å². The van der Waals surface area contributed by atoms with Gasteiger partial charge in [0.25, 0.3) is 0 Å². The molecule has 9 nitrogen and oxygen atoms in total. The van der Waals surface area contributed by atoms with Crippen LogP contribution in [0.15, 0.2) is 47.2 Å². The second-order valence-corrected chi connectivity index (χ2v) is 8.71. The Morgan fingerprint density at radius 2 is 2.00 bits per heavy atom. The van der Waals surface area contributed by atoms with Crippen molar-refractivity contribution >= 4 is 44.0 Å². The molecule has 0 unspecified atom stereocenters. The van der Waals surface area contributed by atoms with Crippen LogP contribution in [0.4, 0.5) is 17.2 Å². The fourth-order valence-electron chi connectivity index (χ4n) is 3.68. The van der Waals surface area contributed by atoms with Crippen molar-refractivity contribution in [2.24, 2.45) is 0 Å². The molecule has 0 spiro atoms. The van der Waals surface area contributed by atoms with Crippen LogP contribution in [0.5, 0.6) is 5.75 Å². The SMILES string of the molecule is CN1CCN(CCCOc2cc3ncnc(Nc4cccc(Br)c4)c3cc2[N+](=O)[O-])CC1. The number of nitro benzene ring substituents is 1. The molecule has 1 aromatic heterocycles. The van der Waals surface area contributed by atoms with Crippen molar-refractivity contribution in [2.75, 3.05) is 51.7 Å². The number of fused-ring (bicyclic) bond motifs is 1. The molecular formula is C22H25BrN6O3. The zero-order valence-corrected chi connectivity index (χ0v) is 19.4. The number of halogens is 1. The van der Waals surface area contributed by atoms with Crippen LogP contribution in [0, 0.1) is 10.1 Å². The van der Waals surface area contributed by atoms with E-state index in [0.29, 0.717) is 23.3 Å². The van der Waals surface area contributed by atoms with Gasteiger partial charge in [-0.2, -0.15) is 0 Å². The molecule has 2 heterocycles. The number of likely N-dealkylation sites (N-methyl/N-ethyl adjacent to an activating group) is 1. The predicted octanol–water partition coefficient (Wildman–Crippen LogP) is 4.06. The number of benzene rings is 2. The van der Waals surface area contributed by atoms with Crippen molar-refractivity contribution < 1.29 is 9.66 Å². The maximum atomic E-state index is 11.7. The lowest BCUT2D eigenvalue weighted by atomic mass is 10.2. The molecule has 3 aromatic rings. The minimum Gasteiger partial charge on any atom is -0.487 e. The number of nitrogens with zero attached hydrogens (tertiary/aromatic N) is 5. The van der Waals surface area contributed by atoms with Crippen LogP contribution in [-0.4, -0.2) is 71.1 Å². The summed E-state index contributed by atoms with van der Waals surface area (Å²) in [5.41, 5.74) is 1.30. The van der Waals surface area contributed by atoms with Gasteiger partial charge in [0, 0.05) is 55.0 Å². The molecule has 0 radical (unpaired) electrons. The second-order valence-electron chi connectivity index (χ2n) is 7.80. The first-order valence-corrected chi connectivity index (χ1v) is 11.3. The van der Waals surface area contributed by atoms with Gasteiger partial charge < -0.3 is 19.9 Å². The highest BCUT2D eigenvalue weighted by Gasteiger charge is 2.20. The molecule has 0 amide bonds. The highest BCUT2D eigenvalue weighted by Crippen LogP contribution is 2.34. The van der Waals surface area contributed by atoms with Crippen molar-refractivity contribution in [2.45, 2.75) is 6.42 Å². The molecule has 2 aromatic carbocycles. The zero-order valence-electron chi connectivity index (χ0n) is 17.8. The summed E-state index contributed by atoms with van der Waals surface area (Å²) in [7, 11) is 2.13. The Morgan fingerprint density at radius 1 is 1.19 bits per heavy atom. The minimum atomic E-state index is -0.425. The molecule has 0 atom stereocenters. The number of aromatic nitrogens is 2. The van der Waals surface area contributed by atoms with Crippen molar-refractivity contribution in [1.29, 1.82) is 0 Å². The summed E-state index contributed by atoms with van der Waals surface area (Å²) < 4.78 is 6.74. The number of nitro groups is 1. The maximum Gasteiger partial charge on any atom is 0.311 e. The Labute approximate surface area is 194 Å². The number of anilines is 2. The number of hydrogen-bond acceptors (Lipinski definition) is 8. The third-order valence-corrected chi connectivity index (χ3v) is 5.97. The molecule has 1 N–H and O–H groups in total. The van der Waals surface area contributed by atoms with Gasteiger partial charge in [0.1, 0.15) is 12.1 Å². The average Bonchev–Trinajstić information content (AvgIpc) is 2.77. The number of hydrogen-bond donors (Lipinski definition) is 1. The normalized spacial score (nSPS) is 15.1. The number of nitrogens with one attached hydrogen (secondary N) is 1. The largest absolute Gasteiger partial charge is 0.487 e. The lowest BCUT2D eigenvalue weighted by Gasteiger charge is -2.32. The molecule has 4 rings (SSSR count). The van der Waals surface area contributed by atoms with Crippen molar-refractivity contribution in [3.05, 3.63) is 57.3 Å². The number of rotatable bonds is 8. The zero-order chi connectivity index (χ0) is 22.5. The highest BCUT2D eigenvalue weighted by molar-refractivity contribution is 9.10. The molecule has 0 bridgehead atoms. The van der Waals surface area contributed by atoms with Crippen molar-refractivity contribution in [3.8, 4) is 5.75 Å². The van der Waals surface area contributed by atoms with Gasteiger partial charge in [-0.15, -0.1) is 0 Å². The Kier molecular flexibility index (Phi) is 7.13. The van der Waals surface area contributed by atoms with E-state index in [4.69, 9.17) is 4.74 Å². The van der Waals surface area contributed by atoms with Crippen molar-refractivity contribution in [3.63, 3.8) is 0 Å². The molecular weight excluding hydrogens is 476 g/mol. The summed E-state index contributed by atoms with van der Waals surface area (Å²) in [6, 6.07) is 10.7. The van der Waals surface area contributed by atoms with E-state index >= 15 is 0 Å². The third-order valence-electron chi connectivity index (χ3n) is 5.47. The fourth-order valence-corrected chi connectivity index (χ4v) is 4.07. The van der Waals surface area contributed by atoms with Gasteiger partial charge in [0.05, 0.1) is 22.4 Å². The van der Waals surface area contributed by atoms with Crippen LogP contribution in [0.25, 0.3) is 10.9 Å².